The van der Waals surface area contributed by atoms with Crippen LogP contribution in [0.3, 0.4) is 0 Å². The molecule has 0 aliphatic rings. The second kappa shape index (κ2) is 4.00. The molecule has 0 aliphatic heterocycles. The zero-order valence-electron chi connectivity index (χ0n) is 8.23. The Morgan fingerprint density at radius 2 is 1.79 bits per heavy atom. The smallest absolute Gasteiger partial charge is 0.197 e. The summed E-state index contributed by atoms with van der Waals surface area (Å²) in [7, 11) is -3.40. The van der Waals surface area contributed by atoms with Crippen LogP contribution in [0, 0.1) is 5.92 Å². The molecule has 0 heterocycles. The minimum Gasteiger partial charge on any atom is -0.289 e. The van der Waals surface area contributed by atoms with Gasteiger partial charge in [0.05, 0.1) is 5.75 Å². The summed E-state index contributed by atoms with van der Waals surface area (Å²) in [5.41, 5.74) is 0. The molecule has 4 heteroatoms. The Balaban J connectivity index is 3.11. The van der Waals surface area contributed by atoms with E-state index in [2.05, 4.69) is 0 Å². The van der Waals surface area contributed by atoms with Crippen molar-refractivity contribution < 1.29 is 13.5 Å². The van der Waals surface area contributed by atoms with Gasteiger partial charge in [-0.1, -0.05) is 26.0 Å². The van der Waals surface area contributed by atoms with Crippen molar-refractivity contribution >= 4 is 9.84 Å². The Hall–Kier alpha value is -1.03. The first-order valence-corrected chi connectivity index (χ1v) is 6.07. The van der Waals surface area contributed by atoms with Gasteiger partial charge in [-0.2, -0.15) is 0 Å². The minimum absolute atomic E-state index is 0.0201. The van der Waals surface area contributed by atoms with Gasteiger partial charge in [-0.15, -0.1) is 0 Å². The second-order valence-electron chi connectivity index (χ2n) is 3.62. The van der Waals surface area contributed by atoms with Crippen LogP contribution in [-0.4, -0.2) is 14.2 Å². The largest absolute Gasteiger partial charge is 0.289 e. The molecule has 0 aliphatic carbocycles. The monoisotopic (exact) mass is 213 g/mol. The number of para-hydroxylation sites is 1. The maximum atomic E-state index is 11.7. The van der Waals surface area contributed by atoms with Crippen molar-refractivity contribution in [1.82, 2.24) is 0 Å². The predicted octanol–water partition coefficient (Wildman–Crippen LogP) is 2.26. The summed E-state index contributed by atoms with van der Waals surface area (Å²) < 4.78 is 23.3. The summed E-state index contributed by atoms with van der Waals surface area (Å²) in [6.07, 6.45) is 0. The summed E-state index contributed by atoms with van der Waals surface area (Å²) in [4.78, 5) is -0.0892. The normalized spacial score (nSPS) is 11.9. The van der Waals surface area contributed by atoms with Crippen LogP contribution in [-0.2, 0) is 14.9 Å². The van der Waals surface area contributed by atoms with E-state index in [1.54, 1.807) is 6.07 Å². The highest BCUT2D eigenvalue weighted by molar-refractivity contribution is 7.91. The number of hydrogen-bond donors (Lipinski definition) is 0. The Morgan fingerprint density at radius 3 is 2.29 bits per heavy atom. The van der Waals surface area contributed by atoms with Gasteiger partial charge in [-0.05, 0) is 18.1 Å². The van der Waals surface area contributed by atoms with Crippen LogP contribution in [0.2, 0.25) is 0 Å². The van der Waals surface area contributed by atoms with Crippen molar-refractivity contribution in [3.05, 3.63) is 24.3 Å². The maximum absolute atomic E-state index is 11.7. The highest BCUT2D eigenvalue weighted by Crippen LogP contribution is 2.24. The molecule has 0 saturated carbocycles. The zero-order chi connectivity index (χ0) is 10.8. The molecule has 14 heavy (non-hydrogen) atoms. The molecule has 0 amide bonds. The van der Waals surface area contributed by atoms with E-state index in [9.17, 15) is 13.5 Å². The molecule has 1 rings (SSSR count). The highest BCUT2D eigenvalue weighted by Gasteiger charge is 2.20. The van der Waals surface area contributed by atoms with E-state index in [-0.39, 0.29) is 16.6 Å². The van der Waals surface area contributed by atoms with E-state index in [0.29, 0.717) is 0 Å². The van der Waals surface area contributed by atoms with Gasteiger partial charge in [0.15, 0.2) is 15.6 Å². The summed E-state index contributed by atoms with van der Waals surface area (Å²) >= 11 is 0. The molecule has 0 atom stereocenters. The van der Waals surface area contributed by atoms with Crippen molar-refractivity contribution in [2.24, 2.45) is 5.92 Å². The summed E-state index contributed by atoms with van der Waals surface area (Å²) in [6.45, 7) is 3.62. The molecule has 1 radical (unpaired) electrons. The van der Waals surface area contributed by atoms with Gasteiger partial charge in [0, 0.05) is 0 Å². The van der Waals surface area contributed by atoms with Crippen molar-refractivity contribution in [3.8, 4) is 5.75 Å². The van der Waals surface area contributed by atoms with Crippen LogP contribution < -0.4 is 0 Å². The fourth-order valence-corrected chi connectivity index (χ4v) is 2.95. The standard InChI is InChI=1S/C10H13O3S/c1-8(2)7-14(12,13)10-6-4-3-5-9(10)11/h3-6,8H,7H2,1-2H3. The van der Waals surface area contributed by atoms with Crippen LogP contribution in [0.25, 0.3) is 0 Å². The van der Waals surface area contributed by atoms with Gasteiger partial charge in [-0.25, -0.2) is 8.42 Å². The van der Waals surface area contributed by atoms with Crippen LogP contribution in [0.15, 0.2) is 29.2 Å². The Morgan fingerprint density at radius 1 is 1.21 bits per heavy atom. The lowest BCUT2D eigenvalue weighted by Crippen LogP contribution is -2.11. The maximum Gasteiger partial charge on any atom is 0.197 e. The third-order valence-electron chi connectivity index (χ3n) is 1.74. The molecule has 1 aromatic carbocycles. The Bertz CT molecular complexity index is 407. The first-order valence-electron chi connectivity index (χ1n) is 4.42. The first-order chi connectivity index (χ1) is 6.43. The van der Waals surface area contributed by atoms with E-state index in [1.807, 2.05) is 13.8 Å². The topological polar surface area (TPSA) is 54.0 Å². The molecular weight excluding hydrogens is 200 g/mol. The quantitative estimate of drug-likeness (QED) is 0.773. The van der Waals surface area contributed by atoms with Gasteiger partial charge in [0.2, 0.25) is 0 Å². The molecule has 1 aromatic rings. The van der Waals surface area contributed by atoms with Crippen molar-refractivity contribution in [3.63, 3.8) is 0 Å². The van der Waals surface area contributed by atoms with Crippen LogP contribution in [0.5, 0.6) is 5.75 Å². The summed E-state index contributed by atoms with van der Waals surface area (Å²) in [6, 6.07) is 5.73. The van der Waals surface area contributed by atoms with E-state index in [0.717, 1.165) is 0 Å². The molecule has 3 nitrogen and oxygen atoms in total. The van der Waals surface area contributed by atoms with Crippen LogP contribution >= 0.6 is 0 Å². The highest BCUT2D eigenvalue weighted by atomic mass is 32.2. The lowest BCUT2D eigenvalue weighted by atomic mass is 10.3. The average molecular weight is 213 g/mol. The fourth-order valence-electron chi connectivity index (χ4n) is 1.24. The van der Waals surface area contributed by atoms with Gasteiger partial charge in [-0.3, -0.25) is 5.11 Å². The van der Waals surface area contributed by atoms with E-state index >= 15 is 0 Å². The lowest BCUT2D eigenvalue weighted by molar-refractivity contribution is 0.343. The summed E-state index contributed by atoms with van der Waals surface area (Å²) in [5, 5.41) is 11.3. The third kappa shape index (κ3) is 2.48. The molecule has 0 bridgehead atoms. The molecule has 0 N–H and O–H groups in total. The van der Waals surface area contributed by atoms with Gasteiger partial charge < -0.3 is 0 Å². The predicted molar refractivity (Wildman–Crippen MR) is 53.5 cm³/mol. The molecule has 0 aromatic heterocycles. The second-order valence-corrected chi connectivity index (χ2v) is 5.62. The molecule has 0 unspecified atom stereocenters. The molecule has 77 valence electrons. The van der Waals surface area contributed by atoms with Gasteiger partial charge >= 0.3 is 0 Å². The number of benzene rings is 1. The lowest BCUT2D eigenvalue weighted by Gasteiger charge is -2.06. The molecule has 0 spiro atoms. The number of sulfone groups is 1. The van der Waals surface area contributed by atoms with Crippen LogP contribution in [0.1, 0.15) is 13.8 Å². The molecule has 0 fully saturated rings. The average Bonchev–Trinajstić information content (AvgIpc) is 2.02. The van der Waals surface area contributed by atoms with Crippen molar-refractivity contribution in [2.45, 2.75) is 18.7 Å². The third-order valence-corrected chi connectivity index (χ3v) is 3.85. The Labute approximate surface area is 84.3 Å². The van der Waals surface area contributed by atoms with Crippen molar-refractivity contribution in [1.29, 1.82) is 0 Å². The molecular formula is C10H13O3S. The van der Waals surface area contributed by atoms with E-state index < -0.39 is 15.6 Å². The van der Waals surface area contributed by atoms with E-state index in [1.165, 1.54) is 18.2 Å². The van der Waals surface area contributed by atoms with Crippen molar-refractivity contribution in [2.75, 3.05) is 5.75 Å². The SMILES string of the molecule is CC(C)CS(=O)(=O)c1ccccc1[O]. The first kappa shape index (κ1) is 11.0. The Kier molecular flexibility index (Phi) is 3.16. The fraction of sp³-hybridized carbons (Fsp3) is 0.400. The summed E-state index contributed by atoms with van der Waals surface area (Å²) in [5.74, 6) is -0.376. The van der Waals surface area contributed by atoms with Crippen LogP contribution in [0.4, 0.5) is 0 Å². The minimum atomic E-state index is -3.40. The molecule has 0 saturated heterocycles. The van der Waals surface area contributed by atoms with Gasteiger partial charge in [0.25, 0.3) is 0 Å². The van der Waals surface area contributed by atoms with Gasteiger partial charge in [0.1, 0.15) is 4.90 Å². The zero-order valence-corrected chi connectivity index (χ0v) is 9.04. The number of rotatable bonds is 3. The number of hydrogen-bond acceptors (Lipinski definition) is 2. The van der Waals surface area contributed by atoms with E-state index in [4.69, 9.17) is 0 Å².